The van der Waals surface area contributed by atoms with Crippen molar-refractivity contribution >= 4 is 40.0 Å². The Morgan fingerprint density at radius 1 is 1.60 bits per heavy atom. The van der Waals surface area contributed by atoms with E-state index in [-0.39, 0.29) is 17.3 Å². The number of thiazole rings is 1. The van der Waals surface area contributed by atoms with E-state index in [1.807, 2.05) is 6.07 Å². The van der Waals surface area contributed by atoms with Gasteiger partial charge >= 0.3 is 0 Å². The molecule has 0 saturated heterocycles. The largest absolute Gasteiger partial charge is 0.382 e. The molecule has 2 heterocycles. The number of aromatic nitrogens is 3. The zero-order chi connectivity index (χ0) is 14.5. The van der Waals surface area contributed by atoms with Crippen LogP contribution in [0, 0.1) is 11.3 Å². The van der Waals surface area contributed by atoms with Crippen LogP contribution < -0.4 is 11.1 Å². The summed E-state index contributed by atoms with van der Waals surface area (Å²) in [6.07, 6.45) is 2.96. The number of nitrogens with one attached hydrogen (secondary N) is 1. The molecule has 0 bridgehead atoms. The van der Waals surface area contributed by atoms with Crippen LogP contribution in [-0.2, 0) is 4.79 Å². The lowest BCUT2D eigenvalue weighted by Crippen LogP contribution is -2.22. The molecule has 0 aromatic carbocycles. The van der Waals surface area contributed by atoms with E-state index in [0.29, 0.717) is 10.3 Å². The molecule has 0 saturated carbocycles. The Morgan fingerprint density at radius 3 is 3.00 bits per heavy atom. The number of anilines is 2. The molecule has 0 spiro atoms. The van der Waals surface area contributed by atoms with Crippen molar-refractivity contribution in [2.24, 2.45) is 0 Å². The molecule has 0 unspecified atom stereocenters. The second-order valence-corrected chi connectivity index (χ2v) is 5.85. The fourth-order valence-corrected chi connectivity index (χ4v) is 2.50. The quantitative estimate of drug-likeness (QED) is 0.649. The molecule has 0 radical (unpaired) electrons. The topological polar surface area (TPSA) is 118 Å². The summed E-state index contributed by atoms with van der Waals surface area (Å²) in [6, 6.07) is 1.88. The lowest BCUT2D eigenvalue weighted by molar-refractivity contribution is -0.115. The maximum absolute atomic E-state index is 11.9. The second-order valence-electron chi connectivity index (χ2n) is 3.65. The van der Waals surface area contributed by atoms with Gasteiger partial charge in [-0.15, -0.1) is 11.3 Å². The summed E-state index contributed by atoms with van der Waals surface area (Å²) in [5, 5.41) is 13.7. The average molecular weight is 306 g/mol. The van der Waals surface area contributed by atoms with Gasteiger partial charge in [-0.25, -0.2) is 15.0 Å². The molecule has 3 N–H and O–H groups in total. The van der Waals surface area contributed by atoms with Crippen LogP contribution in [0.3, 0.4) is 0 Å². The zero-order valence-electron chi connectivity index (χ0n) is 10.4. The van der Waals surface area contributed by atoms with Crippen molar-refractivity contribution in [3.8, 4) is 6.07 Å². The average Bonchev–Trinajstić information content (AvgIpc) is 2.91. The van der Waals surface area contributed by atoms with E-state index in [9.17, 15) is 4.79 Å². The summed E-state index contributed by atoms with van der Waals surface area (Å²) in [4.78, 5) is 23.9. The van der Waals surface area contributed by atoms with Gasteiger partial charge in [-0.3, -0.25) is 4.79 Å². The maximum Gasteiger partial charge on any atom is 0.239 e. The highest BCUT2D eigenvalue weighted by atomic mass is 32.2. The van der Waals surface area contributed by atoms with Gasteiger partial charge in [0, 0.05) is 11.6 Å². The number of nitrogens with two attached hydrogens (primary N) is 1. The van der Waals surface area contributed by atoms with Crippen LogP contribution in [0.15, 0.2) is 22.9 Å². The standard InChI is InChI=1S/C11H10N6OS2/c1-6(9(18)17-10-14-2-3-19-10)20-11-15-5-7(4-12)8(13)16-11/h2-3,5-6H,1H3,(H2,13,15,16)(H,14,17,18)/t6-/m1/s1. The lowest BCUT2D eigenvalue weighted by Gasteiger charge is -2.09. The third-order valence-electron chi connectivity index (χ3n) is 2.23. The molecule has 1 atom stereocenters. The molecular formula is C11H10N6OS2. The predicted molar refractivity (Wildman–Crippen MR) is 77.2 cm³/mol. The smallest absolute Gasteiger partial charge is 0.239 e. The summed E-state index contributed by atoms with van der Waals surface area (Å²) >= 11 is 2.50. The molecule has 102 valence electrons. The van der Waals surface area contributed by atoms with Gasteiger partial charge in [0.2, 0.25) is 5.91 Å². The van der Waals surface area contributed by atoms with Gasteiger partial charge < -0.3 is 11.1 Å². The van der Waals surface area contributed by atoms with Crippen LogP contribution in [0.4, 0.5) is 10.9 Å². The highest BCUT2D eigenvalue weighted by Gasteiger charge is 2.17. The van der Waals surface area contributed by atoms with Gasteiger partial charge in [0.15, 0.2) is 10.3 Å². The van der Waals surface area contributed by atoms with Crippen LogP contribution in [0.25, 0.3) is 0 Å². The molecule has 2 aromatic rings. The van der Waals surface area contributed by atoms with Crippen LogP contribution in [0.5, 0.6) is 0 Å². The van der Waals surface area contributed by atoms with Gasteiger partial charge in [0.1, 0.15) is 17.5 Å². The number of nitrogen functional groups attached to an aromatic ring is 1. The molecule has 0 aliphatic carbocycles. The number of carbonyl (C=O) groups is 1. The normalized spacial score (nSPS) is 11.6. The third-order valence-corrected chi connectivity index (χ3v) is 3.89. The molecular weight excluding hydrogens is 296 g/mol. The van der Waals surface area contributed by atoms with E-state index in [1.165, 1.54) is 17.5 Å². The first-order valence-corrected chi connectivity index (χ1v) is 7.25. The fourth-order valence-electron chi connectivity index (χ4n) is 1.22. The van der Waals surface area contributed by atoms with Gasteiger partial charge in [0.25, 0.3) is 0 Å². The Labute approximate surface area is 123 Å². The second kappa shape index (κ2) is 6.31. The summed E-state index contributed by atoms with van der Waals surface area (Å²) in [7, 11) is 0. The Hall–Kier alpha value is -2.18. The number of rotatable bonds is 4. The monoisotopic (exact) mass is 306 g/mol. The Kier molecular flexibility index (Phi) is 4.49. The van der Waals surface area contributed by atoms with E-state index in [0.717, 1.165) is 11.8 Å². The number of hydrogen-bond acceptors (Lipinski definition) is 8. The van der Waals surface area contributed by atoms with Gasteiger partial charge in [-0.1, -0.05) is 11.8 Å². The van der Waals surface area contributed by atoms with Crippen LogP contribution in [0.2, 0.25) is 0 Å². The number of nitrogens with zero attached hydrogens (tertiary/aromatic N) is 4. The summed E-state index contributed by atoms with van der Waals surface area (Å²) in [6.45, 7) is 1.73. The maximum atomic E-state index is 11.9. The first-order chi connectivity index (χ1) is 9.60. The Balaban J connectivity index is 2.00. The number of nitriles is 1. The fraction of sp³-hybridized carbons (Fsp3) is 0.182. The van der Waals surface area contributed by atoms with E-state index >= 15 is 0 Å². The van der Waals surface area contributed by atoms with Crippen LogP contribution >= 0.6 is 23.1 Å². The summed E-state index contributed by atoms with van der Waals surface area (Å²) < 4.78 is 0. The Morgan fingerprint density at radius 2 is 2.40 bits per heavy atom. The van der Waals surface area contributed by atoms with Crippen molar-refractivity contribution in [1.82, 2.24) is 15.0 Å². The van der Waals surface area contributed by atoms with Gasteiger partial charge in [-0.2, -0.15) is 5.26 Å². The Bertz CT molecular complexity index is 651. The van der Waals surface area contributed by atoms with Gasteiger partial charge in [0.05, 0.1) is 11.4 Å². The molecule has 9 heteroatoms. The molecule has 0 fully saturated rings. The van der Waals surface area contributed by atoms with Gasteiger partial charge in [-0.05, 0) is 6.92 Å². The molecule has 20 heavy (non-hydrogen) atoms. The minimum absolute atomic E-state index is 0.109. The zero-order valence-corrected chi connectivity index (χ0v) is 12.0. The molecule has 2 aromatic heterocycles. The van der Waals surface area contributed by atoms with Crippen molar-refractivity contribution in [2.45, 2.75) is 17.3 Å². The van der Waals surface area contributed by atoms with E-state index in [4.69, 9.17) is 11.0 Å². The van der Waals surface area contributed by atoms with Crippen molar-refractivity contribution in [3.63, 3.8) is 0 Å². The lowest BCUT2D eigenvalue weighted by atomic mass is 10.3. The van der Waals surface area contributed by atoms with Crippen molar-refractivity contribution < 1.29 is 4.79 Å². The molecule has 0 aliphatic heterocycles. The van der Waals surface area contributed by atoms with E-state index in [1.54, 1.807) is 18.5 Å². The van der Waals surface area contributed by atoms with Crippen molar-refractivity contribution in [2.75, 3.05) is 11.1 Å². The number of amides is 1. The van der Waals surface area contributed by atoms with Crippen LogP contribution in [-0.4, -0.2) is 26.1 Å². The van der Waals surface area contributed by atoms with Crippen molar-refractivity contribution in [1.29, 1.82) is 5.26 Å². The first-order valence-electron chi connectivity index (χ1n) is 5.49. The molecule has 0 aliphatic rings. The highest BCUT2D eigenvalue weighted by Crippen LogP contribution is 2.22. The van der Waals surface area contributed by atoms with E-state index < -0.39 is 5.25 Å². The van der Waals surface area contributed by atoms with Crippen molar-refractivity contribution in [3.05, 3.63) is 23.3 Å². The highest BCUT2D eigenvalue weighted by molar-refractivity contribution is 8.00. The number of hydrogen-bond donors (Lipinski definition) is 2. The summed E-state index contributed by atoms with van der Waals surface area (Å²) in [5.41, 5.74) is 5.81. The molecule has 2 rings (SSSR count). The predicted octanol–water partition coefficient (Wildman–Crippen LogP) is 1.51. The van der Waals surface area contributed by atoms with Crippen LogP contribution in [0.1, 0.15) is 12.5 Å². The third kappa shape index (κ3) is 3.43. The minimum Gasteiger partial charge on any atom is -0.382 e. The van der Waals surface area contributed by atoms with E-state index in [2.05, 4.69) is 20.3 Å². The summed E-state index contributed by atoms with van der Waals surface area (Å²) in [5.74, 6) is -0.0889. The number of carbonyl (C=O) groups excluding carboxylic acids is 1. The minimum atomic E-state index is -0.411. The molecule has 7 nitrogen and oxygen atoms in total. The number of thioether (sulfide) groups is 1. The SMILES string of the molecule is C[C@@H](Sc1ncc(C#N)c(N)n1)C(=O)Nc1nccs1. The molecule has 1 amide bonds. The first kappa shape index (κ1) is 14.2.